The molecule has 37 heavy (non-hydrogen) atoms. The summed E-state index contributed by atoms with van der Waals surface area (Å²) in [6, 6.07) is 10.6. The summed E-state index contributed by atoms with van der Waals surface area (Å²) in [6.45, 7) is 3.34. The molecular weight excluding hydrogens is 485 g/mol. The lowest BCUT2D eigenvalue weighted by molar-refractivity contribution is -0.138. The molecular formula is C27H27F3N4O3. The first kappa shape index (κ1) is 26.2. The predicted octanol–water partition coefficient (Wildman–Crippen LogP) is 4.55. The number of nitrogens with zero attached hydrogens (tertiary/aromatic N) is 3. The second-order valence-electron chi connectivity index (χ2n) is 9.87. The monoisotopic (exact) mass is 512 g/mol. The Kier molecular flexibility index (Phi) is 7.00. The van der Waals surface area contributed by atoms with Gasteiger partial charge in [-0.2, -0.15) is 18.4 Å². The summed E-state index contributed by atoms with van der Waals surface area (Å²) in [5, 5.41) is 12.7. The van der Waals surface area contributed by atoms with Crippen molar-refractivity contribution < 1.29 is 27.6 Å². The quantitative estimate of drug-likeness (QED) is 0.589. The largest absolute Gasteiger partial charge is 0.416 e. The number of likely N-dealkylation sites (N-methyl/N-ethyl adjacent to an activating group) is 1. The third kappa shape index (κ3) is 4.90. The highest BCUT2D eigenvalue weighted by Gasteiger charge is 2.44. The van der Waals surface area contributed by atoms with E-state index in [-0.39, 0.29) is 42.3 Å². The fourth-order valence-corrected chi connectivity index (χ4v) is 5.10. The number of carbonyl (C=O) groups excluding carboxylic acids is 3. The molecule has 0 saturated heterocycles. The molecule has 3 amide bonds. The van der Waals surface area contributed by atoms with Gasteiger partial charge in [-0.1, -0.05) is 38.1 Å². The fraction of sp³-hybridized carbons (Fsp3) is 0.407. The Hall–Kier alpha value is -3.87. The first-order valence-electron chi connectivity index (χ1n) is 12.0. The number of amides is 3. The predicted molar refractivity (Wildman–Crippen MR) is 129 cm³/mol. The van der Waals surface area contributed by atoms with E-state index < -0.39 is 41.6 Å². The Morgan fingerprint density at radius 2 is 1.89 bits per heavy atom. The van der Waals surface area contributed by atoms with Crippen LogP contribution in [0.5, 0.6) is 0 Å². The van der Waals surface area contributed by atoms with Crippen molar-refractivity contribution in [1.82, 2.24) is 9.80 Å². The molecule has 0 bridgehead atoms. The molecule has 1 N–H and O–H groups in total. The van der Waals surface area contributed by atoms with Crippen molar-refractivity contribution in [3.8, 4) is 6.07 Å². The minimum atomic E-state index is -4.64. The van der Waals surface area contributed by atoms with Crippen molar-refractivity contribution in [3.05, 3.63) is 64.7 Å². The van der Waals surface area contributed by atoms with Gasteiger partial charge >= 0.3 is 6.18 Å². The Labute approximate surface area is 212 Å². The highest BCUT2D eigenvalue weighted by molar-refractivity contribution is 6.03. The number of fused-ring (bicyclic) bond motifs is 2. The molecule has 2 aromatic carbocycles. The number of halogens is 3. The van der Waals surface area contributed by atoms with Gasteiger partial charge < -0.3 is 15.1 Å². The fourth-order valence-electron chi connectivity index (χ4n) is 5.10. The smallest absolute Gasteiger partial charge is 0.328 e. The molecule has 0 spiro atoms. The van der Waals surface area contributed by atoms with E-state index in [4.69, 9.17) is 0 Å². The Morgan fingerprint density at radius 1 is 1.19 bits per heavy atom. The Balaban J connectivity index is 1.60. The van der Waals surface area contributed by atoms with Gasteiger partial charge in [0.2, 0.25) is 11.8 Å². The summed E-state index contributed by atoms with van der Waals surface area (Å²) in [5.74, 6) is -2.17. The summed E-state index contributed by atoms with van der Waals surface area (Å²) < 4.78 is 40.8. The molecule has 0 fully saturated rings. The Bertz CT molecular complexity index is 1280. The molecule has 0 aliphatic carbocycles. The Morgan fingerprint density at radius 3 is 2.54 bits per heavy atom. The van der Waals surface area contributed by atoms with Gasteiger partial charge in [-0.3, -0.25) is 14.4 Å². The molecule has 0 aromatic heterocycles. The maximum absolute atomic E-state index is 13.7. The normalized spacial score (nSPS) is 18.2. The van der Waals surface area contributed by atoms with E-state index in [1.165, 1.54) is 29.0 Å². The van der Waals surface area contributed by atoms with E-state index in [0.717, 1.165) is 11.6 Å². The number of hydrogen-bond acceptors (Lipinski definition) is 4. The standard InChI is InChI=1S/C27H27F3N4O3/c1-15(2)11-23(34-14-20-18(25(34)36)8-6-9-21(20)27(28,29)30)26(37)33(3)16(13-31)12-19-17-7-4-5-10-22(17)32-24(19)35/h4-10,15-16,19,23H,11-12,14H2,1-3H3,(H,32,35)/t16-,19+,23-/m0/s1. The summed E-state index contributed by atoms with van der Waals surface area (Å²) in [7, 11) is 1.43. The minimum absolute atomic E-state index is 0.0440. The second-order valence-corrected chi connectivity index (χ2v) is 9.87. The minimum Gasteiger partial charge on any atom is -0.328 e. The average Bonchev–Trinajstić information content (AvgIpc) is 3.35. The summed E-state index contributed by atoms with van der Waals surface area (Å²) in [4.78, 5) is 41.9. The second kappa shape index (κ2) is 9.88. The lowest BCUT2D eigenvalue weighted by Gasteiger charge is -2.34. The van der Waals surface area contributed by atoms with E-state index in [9.17, 15) is 32.8 Å². The highest BCUT2D eigenvalue weighted by atomic mass is 19.4. The van der Waals surface area contributed by atoms with Crippen LogP contribution < -0.4 is 5.32 Å². The van der Waals surface area contributed by atoms with Crippen LogP contribution in [0.15, 0.2) is 42.5 Å². The molecule has 2 aliphatic heterocycles. The third-order valence-electron chi connectivity index (χ3n) is 6.99. The van der Waals surface area contributed by atoms with Crippen molar-refractivity contribution in [1.29, 1.82) is 5.26 Å². The third-order valence-corrected chi connectivity index (χ3v) is 6.99. The van der Waals surface area contributed by atoms with Gasteiger partial charge in [0.1, 0.15) is 12.1 Å². The van der Waals surface area contributed by atoms with Crippen LogP contribution in [0, 0.1) is 17.2 Å². The van der Waals surface area contributed by atoms with Crippen molar-refractivity contribution in [2.75, 3.05) is 12.4 Å². The molecule has 3 atom stereocenters. The zero-order valence-corrected chi connectivity index (χ0v) is 20.7. The van der Waals surface area contributed by atoms with Crippen LogP contribution in [-0.4, -0.2) is 46.7 Å². The van der Waals surface area contributed by atoms with Crippen LogP contribution in [0.25, 0.3) is 0 Å². The molecule has 2 aromatic rings. The van der Waals surface area contributed by atoms with Crippen LogP contribution >= 0.6 is 0 Å². The van der Waals surface area contributed by atoms with Gasteiger partial charge in [0.25, 0.3) is 5.91 Å². The SMILES string of the molecule is CC(C)C[C@@H](C(=O)N(C)[C@H](C#N)C[C@H]1C(=O)Nc2ccccc21)N1Cc2c(cccc2C(F)(F)F)C1=O. The first-order valence-corrected chi connectivity index (χ1v) is 12.0. The van der Waals surface area contributed by atoms with Crippen LogP contribution in [0.4, 0.5) is 18.9 Å². The lowest BCUT2D eigenvalue weighted by atomic mass is 9.92. The molecule has 2 aliphatic rings. The van der Waals surface area contributed by atoms with Crippen molar-refractivity contribution in [2.45, 2.75) is 57.4 Å². The summed E-state index contributed by atoms with van der Waals surface area (Å²) in [6.07, 6.45) is -4.39. The van der Waals surface area contributed by atoms with Gasteiger partial charge in [0, 0.05) is 24.8 Å². The van der Waals surface area contributed by atoms with Crippen LogP contribution in [0.1, 0.15) is 59.7 Å². The number of carbonyl (C=O) groups is 3. The number of hydrogen-bond donors (Lipinski definition) is 1. The molecule has 194 valence electrons. The molecule has 2 heterocycles. The van der Waals surface area contributed by atoms with Crippen molar-refractivity contribution in [3.63, 3.8) is 0 Å². The van der Waals surface area contributed by atoms with Crippen LogP contribution in [0.3, 0.4) is 0 Å². The number of rotatable bonds is 7. The van der Waals surface area contributed by atoms with Crippen LogP contribution in [-0.2, 0) is 22.3 Å². The van der Waals surface area contributed by atoms with Gasteiger partial charge in [0.05, 0.1) is 17.6 Å². The topological polar surface area (TPSA) is 93.5 Å². The lowest BCUT2D eigenvalue weighted by Crippen LogP contribution is -2.51. The zero-order valence-electron chi connectivity index (χ0n) is 20.7. The molecule has 0 saturated carbocycles. The molecule has 10 heteroatoms. The van der Waals surface area contributed by atoms with Gasteiger partial charge in [-0.25, -0.2) is 0 Å². The number of para-hydroxylation sites is 1. The number of alkyl halides is 3. The number of nitrogens with one attached hydrogen (secondary N) is 1. The molecule has 0 unspecified atom stereocenters. The van der Waals surface area contributed by atoms with Crippen molar-refractivity contribution in [2.24, 2.45) is 5.92 Å². The zero-order chi connectivity index (χ0) is 27.1. The van der Waals surface area contributed by atoms with Gasteiger partial charge in [0.15, 0.2) is 0 Å². The first-order chi connectivity index (χ1) is 17.4. The summed E-state index contributed by atoms with van der Waals surface area (Å²) in [5.41, 5.74) is 0.264. The van der Waals surface area contributed by atoms with E-state index in [0.29, 0.717) is 5.69 Å². The number of anilines is 1. The number of benzene rings is 2. The molecule has 4 rings (SSSR count). The van der Waals surface area contributed by atoms with E-state index in [2.05, 4.69) is 11.4 Å². The van der Waals surface area contributed by atoms with Gasteiger partial charge in [-0.05, 0) is 48.1 Å². The maximum atomic E-state index is 13.7. The maximum Gasteiger partial charge on any atom is 0.416 e. The van der Waals surface area contributed by atoms with E-state index in [1.807, 2.05) is 13.8 Å². The average molecular weight is 513 g/mol. The van der Waals surface area contributed by atoms with E-state index in [1.54, 1.807) is 24.3 Å². The van der Waals surface area contributed by atoms with Crippen molar-refractivity contribution >= 4 is 23.4 Å². The highest BCUT2D eigenvalue weighted by Crippen LogP contribution is 2.39. The van der Waals surface area contributed by atoms with Crippen LogP contribution in [0.2, 0.25) is 0 Å². The molecule has 7 nitrogen and oxygen atoms in total. The van der Waals surface area contributed by atoms with Gasteiger partial charge in [-0.15, -0.1) is 0 Å². The van der Waals surface area contributed by atoms with E-state index >= 15 is 0 Å². The molecule has 0 radical (unpaired) electrons. The number of nitriles is 1. The summed E-state index contributed by atoms with van der Waals surface area (Å²) >= 11 is 0.